The van der Waals surface area contributed by atoms with E-state index in [0.29, 0.717) is 11.6 Å². The van der Waals surface area contributed by atoms with Crippen molar-refractivity contribution in [2.45, 2.75) is 46.0 Å². The molecule has 2 N–H and O–H groups in total. The van der Waals surface area contributed by atoms with Crippen LogP contribution in [0.2, 0.25) is 0 Å². The molecule has 0 bridgehead atoms. The van der Waals surface area contributed by atoms with Gasteiger partial charge >= 0.3 is 0 Å². The molecule has 0 saturated carbocycles. The first-order valence-corrected chi connectivity index (χ1v) is 7.36. The average molecular weight is 284 g/mol. The van der Waals surface area contributed by atoms with Gasteiger partial charge in [0.05, 0.1) is 6.54 Å². The summed E-state index contributed by atoms with van der Waals surface area (Å²) < 4.78 is 0. The molecule has 0 atom stereocenters. The van der Waals surface area contributed by atoms with Crippen molar-refractivity contribution in [2.75, 3.05) is 11.9 Å². The zero-order chi connectivity index (χ0) is 14.1. The maximum Gasteiger partial charge on any atom is 0.245 e. The van der Waals surface area contributed by atoms with Crippen LogP contribution >= 0.6 is 11.3 Å². The highest BCUT2D eigenvalue weighted by molar-refractivity contribution is 7.15. The zero-order valence-electron chi connectivity index (χ0n) is 11.4. The predicted molar refractivity (Wildman–Crippen MR) is 75.1 cm³/mol. The monoisotopic (exact) mass is 284 g/mol. The van der Waals surface area contributed by atoms with Crippen LogP contribution in [0.3, 0.4) is 0 Å². The number of nitrogens with one attached hydrogen (secondary N) is 2. The molecule has 0 aromatic carbocycles. The normalized spacial score (nSPS) is 10.2. The van der Waals surface area contributed by atoms with Crippen LogP contribution in [0.1, 0.15) is 44.5 Å². The molecule has 2 amide bonds. The molecule has 0 aliphatic heterocycles. The van der Waals surface area contributed by atoms with Gasteiger partial charge in [0.15, 0.2) is 0 Å². The molecule has 1 rings (SSSR count). The van der Waals surface area contributed by atoms with Crippen LogP contribution in [0.25, 0.3) is 0 Å². The van der Waals surface area contributed by atoms with Crippen LogP contribution in [0.4, 0.5) is 5.13 Å². The Morgan fingerprint density at radius 1 is 1.16 bits per heavy atom. The summed E-state index contributed by atoms with van der Waals surface area (Å²) in [6.07, 6.45) is 4.69. The van der Waals surface area contributed by atoms with Crippen LogP contribution in [-0.4, -0.2) is 28.6 Å². The SMILES string of the molecule is CCCCCc1nnc(NC(=O)CNC(=O)CC)s1. The molecule has 1 aromatic heterocycles. The molecular weight excluding hydrogens is 264 g/mol. The standard InChI is InChI=1S/C12H20N4O2S/c1-3-5-6-7-11-15-16-12(19-11)14-10(18)8-13-9(17)4-2/h3-8H2,1-2H3,(H,13,17)(H,14,16,18). The van der Waals surface area contributed by atoms with E-state index in [0.717, 1.165) is 17.8 Å². The second-order valence-corrected chi connectivity index (χ2v) is 5.20. The largest absolute Gasteiger partial charge is 0.347 e. The van der Waals surface area contributed by atoms with E-state index in [1.54, 1.807) is 6.92 Å². The van der Waals surface area contributed by atoms with E-state index in [1.807, 2.05) is 0 Å². The molecule has 7 heteroatoms. The van der Waals surface area contributed by atoms with E-state index < -0.39 is 0 Å². The van der Waals surface area contributed by atoms with Gasteiger partial charge in [-0.05, 0) is 6.42 Å². The Labute approximate surface area is 117 Å². The van der Waals surface area contributed by atoms with Gasteiger partial charge in [0.2, 0.25) is 16.9 Å². The van der Waals surface area contributed by atoms with Crippen LogP contribution in [-0.2, 0) is 16.0 Å². The van der Waals surface area contributed by atoms with E-state index in [4.69, 9.17) is 0 Å². The van der Waals surface area contributed by atoms with Gasteiger partial charge < -0.3 is 5.32 Å². The molecular formula is C12H20N4O2S. The number of nitrogens with zero attached hydrogens (tertiary/aromatic N) is 2. The van der Waals surface area contributed by atoms with Gasteiger partial charge in [0.1, 0.15) is 5.01 Å². The van der Waals surface area contributed by atoms with Crippen molar-refractivity contribution in [1.29, 1.82) is 0 Å². The predicted octanol–water partition coefficient (Wildman–Crippen LogP) is 1.74. The minimum absolute atomic E-state index is 0.0303. The third kappa shape index (κ3) is 6.28. The molecule has 1 aromatic rings. The fraction of sp³-hybridized carbons (Fsp3) is 0.667. The molecule has 19 heavy (non-hydrogen) atoms. The first-order chi connectivity index (χ1) is 9.15. The summed E-state index contributed by atoms with van der Waals surface area (Å²) in [5.41, 5.74) is 0. The van der Waals surface area contributed by atoms with Crippen LogP contribution < -0.4 is 10.6 Å². The van der Waals surface area contributed by atoms with Crippen molar-refractivity contribution in [3.63, 3.8) is 0 Å². The molecule has 0 spiro atoms. The Bertz CT molecular complexity index is 420. The third-order valence-corrected chi connectivity index (χ3v) is 3.37. The minimum atomic E-state index is -0.280. The molecule has 0 radical (unpaired) electrons. The lowest BCUT2D eigenvalue weighted by atomic mass is 10.2. The highest BCUT2D eigenvalue weighted by Gasteiger charge is 2.08. The Kier molecular flexibility index (Phi) is 7.02. The maximum atomic E-state index is 11.5. The van der Waals surface area contributed by atoms with Crippen LogP contribution in [0, 0.1) is 0 Å². The minimum Gasteiger partial charge on any atom is -0.347 e. The van der Waals surface area contributed by atoms with Crippen molar-refractivity contribution in [2.24, 2.45) is 0 Å². The molecule has 0 aliphatic rings. The summed E-state index contributed by atoms with van der Waals surface area (Å²) in [6.45, 7) is 3.86. The Hall–Kier alpha value is -1.50. The Morgan fingerprint density at radius 3 is 2.63 bits per heavy atom. The Balaban J connectivity index is 2.32. The Morgan fingerprint density at radius 2 is 1.95 bits per heavy atom. The van der Waals surface area contributed by atoms with Gasteiger partial charge in [0, 0.05) is 12.8 Å². The number of unbranched alkanes of at least 4 members (excludes halogenated alkanes) is 2. The van der Waals surface area contributed by atoms with E-state index in [2.05, 4.69) is 27.8 Å². The smallest absolute Gasteiger partial charge is 0.245 e. The second-order valence-electron chi connectivity index (χ2n) is 4.14. The maximum absolute atomic E-state index is 11.5. The van der Waals surface area contributed by atoms with E-state index in [-0.39, 0.29) is 18.4 Å². The van der Waals surface area contributed by atoms with Crippen molar-refractivity contribution < 1.29 is 9.59 Å². The lowest BCUT2D eigenvalue weighted by Crippen LogP contribution is -2.32. The van der Waals surface area contributed by atoms with Crippen molar-refractivity contribution in [3.05, 3.63) is 5.01 Å². The number of hydrogen-bond acceptors (Lipinski definition) is 5. The van der Waals surface area contributed by atoms with E-state index in [1.165, 1.54) is 24.2 Å². The highest BCUT2D eigenvalue weighted by atomic mass is 32.1. The van der Waals surface area contributed by atoms with E-state index in [9.17, 15) is 9.59 Å². The van der Waals surface area contributed by atoms with Crippen molar-refractivity contribution in [3.8, 4) is 0 Å². The number of carbonyl (C=O) groups excluding carboxylic acids is 2. The summed E-state index contributed by atoms with van der Waals surface area (Å²) in [5, 5.41) is 14.5. The quantitative estimate of drug-likeness (QED) is 0.712. The number of rotatable bonds is 8. The topological polar surface area (TPSA) is 84.0 Å². The lowest BCUT2D eigenvalue weighted by Gasteiger charge is -2.02. The number of anilines is 1. The third-order valence-electron chi connectivity index (χ3n) is 2.47. The molecule has 1 heterocycles. The summed E-state index contributed by atoms with van der Waals surface area (Å²) in [4.78, 5) is 22.5. The number of carbonyl (C=O) groups is 2. The molecule has 0 saturated heterocycles. The average Bonchev–Trinajstić information content (AvgIpc) is 2.84. The summed E-state index contributed by atoms with van der Waals surface area (Å²) in [5.74, 6) is -0.425. The first-order valence-electron chi connectivity index (χ1n) is 6.54. The number of aromatic nitrogens is 2. The zero-order valence-corrected chi connectivity index (χ0v) is 12.2. The van der Waals surface area contributed by atoms with Gasteiger partial charge in [-0.15, -0.1) is 10.2 Å². The summed E-state index contributed by atoms with van der Waals surface area (Å²) in [7, 11) is 0. The first kappa shape index (κ1) is 15.6. The molecule has 6 nitrogen and oxygen atoms in total. The highest BCUT2D eigenvalue weighted by Crippen LogP contribution is 2.17. The number of amides is 2. The molecule has 106 valence electrons. The molecule has 0 aliphatic carbocycles. The summed E-state index contributed by atoms with van der Waals surface area (Å²) in [6, 6.07) is 0. The fourth-order valence-electron chi connectivity index (χ4n) is 1.40. The van der Waals surface area contributed by atoms with E-state index >= 15 is 0 Å². The second kappa shape index (κ2) is 8.58. The van der Waals surface area contributed by atoms with Crippen LogP contribution in [0.15, 0.2) is 0 Å². The van der Waals surface area contributed by atoms with Crippen LogP contribution in [0.5, 0.6) is 0 Å². The van der Waals surface area contributed by atoms with Crippen molar-refractivity contribution >= 4 is 28.3 Å². The summed E-state index contributed by atoms with van der Waals surface area (Å²) >= 11 is 1.38. The fourth-order valence-corrected chi connectivity index (χ4v) is 2.20. The molecule has 0 fully saturated rings. The van der Waals surface area contributed by atoms with Gasteiger partial charge in [-0.1, -0.05) is 38.0 Å². The van der Waals surface area contributed by atoms with Crippen molar-refractivity contribution in [1.82, 2.24) is 15.5 Å². The number of hydrogen-bond donors (Lipinski definition) is 2. The van der Waals surface area contributed by atoms with Gasteiger partial charge in [-0.25, -0.2) is 0 Å². The van der Waals surface area contributed by atoms with Gasteiger partial charge in [0.25, 0.3) is 0 Å². The van der Waals surface area contributed by atoms with Gasteiger partial charge in [-0.2, -0.15) is 0 Å². The molecule has 0 unspecified atom stereocenters. The lowest BCUT2D eigenvalue weighted by molar-refractivity contribution is -0.123. The van der Waals surface area contributed by atoms with Gasteiger partial charge in [-0.3, -0.25) is 14.9 Å². The number of aryl methyl sites for hydroxylation is 1.